The van der Waals surface area contributed by atoms with Gasteiger partial charge in [-0.25, -0.2) is 4.39 Å². The van der Waals surface area contributed by atoms with E-state index in [4.69, 9.17) is 5.73 Å². The number of benzene rings is 1. The van der Waals surface area contributed by atoms with E-state index >= 15 is 0 Å². The lowest BCUT2D eigenvalue weighted by molar-refractivity contribution is 0.557. The topological polar surface area (TPSA) is 26.0 Å². The molecule has 15 heavy (non-hydrogen) atoms. The number of rotatable bonds is 2. The zero-order chi connectivity index (χ0) is 11.2. The molecule has 0 spiro atoms. The molecular weight excluding hydrogens is 189 g/mol. The normalized spacial score (nSPS) is 27.8. The lowest BCUT2D eigenvalue weighted by Crippen LogP contribution is -2.05. The minimum Gasteiger partial charge on any atom is -0.330 e. The highest BCUT2D eigenvalue weighted by Gasteiger charge is 2.57. The summed E-state index contributed by atoms with van der Waals surface area (Å²) in [7, 11) is 0. The fraction of sp³-hybridized carbons (Fsp3) is 0.538. The van der Waals surface area contributed by atoms with Crippen LogP contribution in [0.1, 0.15) is 30.9 Å². The first-order chi connectivity index (χ1) is 6.98. The molecule has 0 heterocycles. The molecule has 1 aromatic rings. The molecule has 2 heteroatoms. The van der Waals surface area contributed by atoms with Crippen LogP contribution in [0.2, 0.25) is 0 Å². The van der Waals surface area contributed by atoms with Crippen LogP contribution in [0.3, 0.4) is 0 Å². The lowest BCUT2D eigenvalue weighted by atomic mass is 9.99. The summed E-state index contributed by atoms with van der Waals surface area (Å²) in [5.41, 5.74) is 8.27. The highest BCUT2D eigenvalue weighted by molar-refractivity contribution is 5.38. The Morgan fingerprint density at radius 2 is 2.07 bits per heavy atom. The van der Waals surface area contributed by atoms with Crippen molar-refractivity contribution in [1.82, 2.24) is 0 Å². The van der Waals surface area contributed by atoms with Gasteiger partial charge in [0.15, 0.2) is 0 Å². The van der Waals surface area contributed by atoms with Crippen LogP contribution >= 0.6 is 0 Å². The Balaban J connectivity index is 2.36. The molecule has 1 aromatic carbocycles. The van der Waals surface area contributed by atoms with E-state index in [0.717, 1.165) is 5.56 Å². The second-order valence-corrected chi connectivity index (χ2v) is 5.14. The summed E-state index contributed by atoms with van der Waals surface area (Å²) in [4.78, 5) is 0. The smallest absolute Gasteiger partial charge is 0.123 e. The van der Waals surface area contributed by atoms with Gasteiger partial charge >= 0.3 is 0 Å². The monoisotopic (exact) mass is 207 g/mol. The molecule has 1 aliphatic carbocycles. The van der Waals surface area contributed by atoms with Crippen molar-refractivity contribution in [2.75, 3.05) is 6.54 Å². The fourth-order valence-electron chi connectivity index (χ4n) is 2.75. The molecule has 0 radical (unpaired) electrons. The van der Waals surface area contributed by atoms with Gasteiger partial charge in [0, 0.05) is 0 Å². The summed E-state index contributed by atoms with van der Waals surface area (Å²) >= 11 is 0. The van der Waals surface area contributed by atoms with Gasteiger partial charge in [-0.1, -0.05) is 19.9 Å². The van der Waals surface area contributed by atoms with Gasteiger partial charge in [-0.15, -0.1) is 0 Å². The van der Waals surface area contributed by atoms with Crippen LogP contribution in [0.4, 0.5) is 4.39 Å². The maximum atomic E-state index is 13.2. The van der Waals surface area contributed by atoms with Gasteiger partial charge in [0.1, 0.15) is 5.82 Å². The van der Waals surface area contributed by atoms with E-state index in [1.807, 2.05) is 13.0 Å². The number of hydrogen-bond donors (Lipinski definition) is 1. The zero-order valence-electron chi connectivity index (χ0n) is 9.55. The summed E-state index contributed by atoms with van der Waals surface area (Å²) in [6, 6.07) is 5.04. The summed E-state index contributed by atoms with van der Waals surface area (Å²) in [6.07, 6.45) is 0. The molecule has 2 N–H and O–H groups in total. The van der Waals surface area contributed by atoms with Crippen LogP contribution in [-0.4, -0.2) is 6.54 Å². The molecule has 0 amide bonds. The highest BCUT2D eigenvalue weighted by Crippen LogP contribution is 2.64. The van der Waals surface area contributed by atoms with Gasteiger partial charge in [-0.05, 0) is 54.0 Å². The van der Waals surface area contributed by atoms with Gasteiger partial charge in [-0.3, -0.25) is 0 Å². The summed E-state index contributed by atoms with van der Waals surface area (Å²) in [6.45, 7) is 7.14. The van der Waals surface area contributed by atoms with E-state index in [9.17, 15) is 4.39 Å². The van der Waals surface area contributed by atoms with E-state index in [1.54, 1.807) is 6.07 Å². The Morgan fingerprint density at radius 3 is 2.60 bits per heavy atom. The Bertz CT molecular complexity index is 384. The molecule has 1 saturated carbocycles. The molecule has 1 fully saturated rings. The van der Waals surface area contributed by atoms with Crippen LogP contribution in [0.5, 0.6) is 0 Å². The van der Waals surface area contributed by atoms with Gasteiger partial charge in [0.25, 0.3) is 0 Å². The third-order valence-corrected chi connectivity index (χ3v) is 3.88. The number of nitrogens with two attached hydrogens (primary N) is 1. The van der Waals surface area contributed by atoms with Crippen molar-refractivity contribution in [3.63, 3.8) is 0 Å². The van der Waals surface area contributed by atoms with E-state index in [0.29, 0.717) is 18.4 Å². The molecule has 82 valence electrons. The Hall–Kier alpha value is -0.890. The van der Waals surface area contributed by atoms with E-state index in [2.05, 4.69) is 13.8 Å². The Kier molecular flexibility index (Phi) is 2.34. The second kappa shape index (κ2) is 3.31. The largest absolute Gasteiger partial charge is 0.330 e. The SMILES string of the molecule is Cc1ccc(F)cc1C1C(CN)C1(C)C. The fourth-order valence-corrected chi connectivity index (χ4v) is 2.75. The zero-order valence-corrected chi connectivity index (χ0v) is 9.55. The first kappa shape index (κ1) is 10.6. The maximum absolute atomic E-state index is 13.2. The summed E-state index contributed by atoms with van der Waals surface area (Å²) in [5, 5.41) is 0. The first-order valence-electron chi connectivity index (χ1n) is 5.44. The molecule has 0 aromatic heterocycles. The third-order valence-electron chi connectivity index (χ3n) is 3.88. The van der Waals surface area contributed by atoms with Crippen LogP contribution in [0.25, 0.3) is 0 Å². The van der Waals surface area contributed by atoms with E-state index in [-0.39, 0.29) is 11.2 Å². The molecule has 0 aliphatic heterocycles. The third kappa shape index (κ3) is 1.57. The van der Waals surface area contributed by atoms with Crippen LogP contribution in [0, 0.1) is 24.1 Å². The van der Waals surface area contributed by atoms with Crippen molar-refractivity contribution in [2.45, 2.75) is 26.7 Å². The summed E-state index contributed by atoms with van der Waals surface area (Å²) in [5.74, 6) is 0.783. The minimum atomic E-state index is -0.144. The van der Waals surface area contributed by atoms with Crippen LogP contribution in [0.15, 0.2) is 18.2 Å². The maximum Gasteiger partial charge on any atom is 0.123 e. The number of hydrogen-bond acceptors (Lipinski definition) is 1. The molecule has 2 atom stereocenters. The summed E-state index contributed by atoms with van der Waals surface area (Å²) < 4.78 is 13.2. The Labute approximate surface area is 90.5 Å². The van der Waals surface area contributed by atoms with E-state index in [1.165, 1.54) is 11.6 Å². The molecular formula is C13H18FN. The quantitative estimate of drug-likeness (QED) is 0.793. The molecule has 0 saturated heterocycles. The average molecular weight is 207 g/mol. The average Bonchev–Trinajstić information content (AvgIpc) is 2.72. The van der Waals surface area contributed by atoms with Crippen molar-refractivity contribution < 1.29 is 4.39 Å². The molecule has 1 aliphatic rings. The van der Waals surface area contributed by atoms with Crippen molar-refractivity contribution >= 4 is 0 Å². The lowest BCUT2D eigenvalue weighted by Gasteiger charge is -2.07. The highest BCUT2D eigenvalue weighted by atomic mass is 19.1. The number of aryl methyl sites for hydroxylation is 1. The predicted octanol–water partition coefficient (Wildman–Crippen LogP) is 2.83. The second-order valence-electron chi connectivity index (χ2n) is 5.14. The Morgan fingerprint density at radius 1 is 1.40 bits per heavy atom. The van der Waals surface area contributed by atoms with Crippen molar-refractivity contribution in [3.8, 4) is 0 Å². The first-order valence-corrected chi connectivity index (χ1v) is 5.44. The van der Waals surface area contributed by atoms with Crippen molar-refractivity contribution in [3.05, 3.63) is 35.1 Å². The van der Waals surface area contributed by atoms with Crippen LogP contribution in [-0.2, 0) is 0 Å². The van der Waals surface area contributed by atoms with Gasteiger partial charge in [0.05, 0.1) is 0 Å². The molecule has 2 rings (SSSR count). The van der Waals surface area contributed by atoms with Gasteiger partial charge in [-0.2, -0.15) is 0 Å². The number of halogens is 1. The van der Waals surface area contributed by atoms with Crippen LogP contribution < -0.4 is 5.73 Å². The standard InChI is InChI=1S/C13H18FN/c1-8-4-5-9(14)6-10(8)12-11(7-15)13(12,2)3/h4-6,11-12H,7,15H2,1-3H3. The van der Waals surface area contributed by atoms with Gasteiger partial charge in [0.2, 0.25) is 0 Å². The molecule has 0 bridgehead atoms. The minimum absolute atomic E-state index is 0.144. The van der Waals surface area contributed by atoms with Crippen molar-refractivity contribution in [1.29, 1.82) is 0 Å². The van der Waals surface area contributed by atoms with E-state index < -0.39 is 0 Å². The predicted molar refractivity (Wildman–Crippen MR) is 60.2 cm³/mol. The van der Waals surface area contributed by atoms with Gasteiger partial charge < -0.3 is 5.73 Å². The molecule has 2 unspecified atom stereocenters. The van der Waals surface area contributed by atoms with Crippen molar-refractivity contribution in [2.24, 2.45) is 17.1 Å². The molecule has 1 nitrogen and oxygen atoms in total.